The Labute approximate surface area is 192 Å². The fourth-order valence-electron chi connectivity index (χ4n) is 4.47. The number of methoxy groups -OCH3 is 1. The lowest BCUT2D eigenvalue weighted by atomic mass is 9.74. The van der Waals surface area contributed by atoms with E-state index in [4.69, 9.17) is 10.5 Å². The second-order valence-electron chi connectivity index (χ2n) is 8.44. The third kappa shape index (κ3) is 4.86. The number of piperidine rings is 1. The van der Waals surface area contributed by atoms with Crippen molar-refractivity contribution < 1.29 is 14.3 Å². The normalized spacial score (nSPS) is 18.3. The van der Waals surface area contributed by atoms with Crippen LogP contribution in [-0.4, -0.2) is 36.9 Å². The first-order valence-electron chi connectivity index (χ1n) is 10.8. The fraction of sp³-hybridized carbons (Fsp3) is 0.308. The Kier molecular flexibility index (Phi) is 6.61. The Balaban J connectivity index is 1.48. The van der Waals surface area contributed by atoms with E-state index in [1.54, 1.807) is 23.3 Å². The maximum Gasteiger partial charge on any atom is 0.227 e. The fourth-order valence-corrected chi connectivity index (χ4v) is 5.20. The van der Waals surface area contributed by atoms with E-state index >= 15 is 0 Å². The second-order valence-corrected chi connectivity index (χ2v) is 9.39. The van der Waals surface area contributed by atoms with Gasteiger partial charge in [0.25, 0.3) is 0 Å². The maximum absolute atomic E-state index is 13.0. The zero-order valence-corrected chi connectivity index (χ0v) is 19.1. The van der Waals surface area contributed by atoms with Crippen LogP contribution in [0, 0.1) is 5.41 Å². The number of likely N-dealkylation sites (tertiary alicyclic amines) is 1. The van der Waals surface area contributed by atoms with Crippen molar-refractivity contribution in [2.45, 2.75) is 25.7 Å². The molecule has 166 valence electrons. The molecular weight excluding hydrogens is 420 g/mol. The van der Waals surface area contributed by atoms with Crippen LogP contribution in [0.3, 0.4) is 0 Å². The van der Waals surface area contributed by atoms with Crippen LogP contribution in [0.4, 0.5) is 0 Å². The minimum Gasteiger partial charge on any atom is -0.497 e. The lowest BCUT2D eigenvalue weighted by molar-refractivity contribution is -0.139. The van der Waals surface area contributed by atoms with Crippen LogP contribution in [0.5, 0.6) is 5.75 Å². The third-order valence-electron chi connectivity index (χ3n) is 6.24. The average molecular weight is 449 g/mol. The van der Waals surface area contributed by atoms with Crippen LogP contribution in [0.1, 0.15) is 24.0 Å². The molecule has 1 aliphatic rings. The van der Waals surface area contributed by atoms with E-state index in [1.165, 1.54) is 4.88 Å². The molecule has 6 heteroatoms. The number of hydrogen-bond acceptors (Lipinski definition) is 4. The van der Waals surface area contributed by atoms with Crippen molar-refractivity contribution in [1.82, 2.24) is 4.90 Å². The predicted molar refractivity (Wildman–Crippen MR) is 128 cm³/mol. The summed E-state index contributed by atoms with van der Waals surface area (Å²) in [5, 5.41) is 2.06. The molecule has 3 aromatic rings. The molecule has 0 unspecified atom stereocenters. The monoisotopic (exact) mass is 448 g/mol. The summed E-state index contributed by atoms with van der Waals surface area (Å²) in [6.07, 6.45) is 2.27. The van der Waals surface area contributed by atoms with Gasteiger partial charge in [-0.1, -0.05) is 42.5 Å². The van der Waals surface area contributed by atoms with E-state index in [-0.39, 0.29) is 18.2 Å². The van der Waals surface area contributed by atoms with Gasteiger partial charge < -0.3 is 15.4 Å². The number of ether oxygens (including phenoxy) is 1. The van der Waals surface area contributed by atoms with Gasteiger partial charge in [0.1, 0.15) is 5.75 Å². The SMILES string of the molecule is COc1cccc(CC(=O)N2CCC[C@@](Cc3ccc(-c4cccs4)cc3)(C(N)=O)C2)c1. The molecule has 1 fully saturated rings. The molecule has 2 amide bonds. The van der Waals surface area contributed by atoms with Gasteiger partial charge in [0.15, 0.2) is 0 Å². The number of hydrogen-bond donors (Lipinski definition) is 1. The Morgan fingerprint density at radius 3 is 2.59 bits per heavy atom. The summed E-state index contributed by atoms with van der Waals surface area (Å²) in [4.78, 5) is 28.7. The lowest BCUT2D eigenvalue weighted by Gasteiger charge is -2.41. The number of nitrogens with zero attached hydrogens (tertiary/aromatic N) is 1. The number of nitrogens with two attached hydrogens (primary N) is 1. The third-order valence-corrected chi connectivity index (χ3v) is 7.16. The zero-order valence-electron chi connectivity index (χ0n) is 18.3. The molecule has 2 heterocycles. The molecular formula is C26H28N2O3S. The first kappa shape index (κ1) is 22.1. The summed E-state index contributed by atoms with van der Waals surface area (Å²) in [7, 11) is 1.61. The molecule has 0 saturated carbocycles. The highest BCUT2D eigenvalue weighted by Gasteiger charge is 2.42. The van der Waals surface area contributed by atoms with Crippen molar-refractivity contribution in [3.63, 3.8) is 0 Å². The van der Waals surface area contributed by atoms with Gasteiger partial charge in [-0.2, -0.15) is 0 Å². The van der Waals surface area contributed by atoms with E-state index in [9.17, 15) is 9.59 Å². The van der Waals surface area contributed by atoms with Crippen molar-refractivity contribution in [3.05, 3.63) is 77.2 Å². The molecule has 1 saturated heterocycles. The van der Waals surface area contributed by atoms with Gasteiger partial charge in [0.2, 0.25) is 11.8 Å². The van der Waals surface area contributed by atoms with Gasteiger partial charge in [-0.25, -0.2) is 0 Å². The standard InChI is InChI=1S/C26H28N2O3S/c1-31-22-6-2-5-20(15-22)16-24(29)28-13-4-12-26(18-28,25(27)30)17-19-8-10-21(11-9-19)23-7-3-14-32-23/h2-3,5-11,14-15H,4,12-13,16-18H2,1H3,(H2,27,30)/t26-/m0/s1. The maximum atomic E-state index is 13.0. The largest absolute Gasteiger partial charge is 0.497 e. The van der Waals surface area contributed by atoms with Crippen LogP contribution in [0.15, 0.2) is 66.0 Å². The first-order chi connectivity index (χ1) is 15.5. The number of benzene rings is 2. The molecule has 1 aromatic heterocycles. The molecule has 2 N–H and O–H groups in total. The van der Waals surface area contributed by atoms with Crippen LogP contribution < -0.4 is 10.5 Å². The summed E-state index contributed by atoms with van der Waals surface area (Å²) in [5.74, 6) is 0.404. The summed E-state index contributed by atoms with van der Waals surface area (Å²) in [5.41, 5.74) is 8.30. The molecule has 0 spiro atoms. The van der Waals surface area contributed by atoms with E-state index in [1.807, 2.05) is 30.3 Å². The van der Waals surface area contributed by atoms with Crippen molar-refractivity contribution in [2.75, 3.05) is 20.2 Å². The molecule has 4 rings (SSSR count). The van der Waals surface area contributed by atoms with E-state index in [0.717, 1.165) is 28.9 Å². The number of carbonyl (C=O) groups is 2. The van der Waals surface area contributed by atoms with Gasteiger partial charge in [-0.05, 0) is 59.5 Å². The molecule has 1 atom stereocenters. The summed E-state index contributed by atoms with van der Waals surface area (Å²) in [6.45, 7) is 1.01. The van der Waals surface area contributed by atoms with Gasteiger partial charge in [0, 0.05) is 18.0 Å². The highest BCUT2D eigenvalue weighted by molar-refractivity contribution is 7.13. The molecule has 2 aromatic carbocycles. The molecule has 32 heavy (non-hydrogen) atoms. The summed E-state index contributed by atoms with van der Waals surface area (Å²) >= 11 is 1.70. The van der Waals surface area contributed by atoms with Crippen LogP contribution >= 0.6 is 11.3 Å². The minimum absolute atomic E-state index is 0.0108. The van der Waals surface area contributed by atoms with Gasteiger partial charge in [-0.3, -0.25) is 9.59 Å². The lowest BCUT2D eigenvalue weighted by Crippen LogP contribution is -2.53. The van der Waals surface area contributed by atoms with Crippen molar-refractivity contribution in [3.8, 4) is 16.2 Å². The molecule has 5 nitrogen and oxygen atoms in total. The highest BCUT2D eigenvalue weighted by atomic mass is 32.1. The van der Waals surface area contributed by atoms with E-state index in [0.29, 0.717) is 25.9 Å². The smallest absolute Gasteiger partial charge is 0.227 e. The molecule has 1 aliphatic heterocycles. The van der Waals surface area contributed by atoms with E-state index in [2.05, 4.69) is 35.7 Å². The quantitative estimate of drug-likeness (QED) is 0.586. The summed E-state index contributed by atoms with van der Waals surface area (Å²) < 4.78 is 5.26. The van der Waals surface area contributed by atoms with Crippen LogP contribution in [-0.2, 0) is 22.4 Å². The van der Waals surface area contributed by atoms with Crippen molar-refractivity contribution in [2.24, 2.45) is 11.1 Å². The van der Waals surface area contributed by atoms with Gasteiger partial charge in [0.05, 0.1) is 18.9 Å². The topological polar surface area (TPSA) is 72.6 Å². The number of thiophene rings is 1. The Hall–Kier alpha value is -3.12. The molecule has 0 bridgehead atoms. The van der Waals surface area contributed by atoms with Crippen molar-refractivity contribution >= 4 is 23.2 Å². The Morgan fingerprint density at radius 2 is 1.91 bits per heavy atom. The minimum atomic E-state index is -0.743. The molecule has 0 aliphatic carbocycles. The first-order valence-corrected chi connectivity index (χ1v) is 11.7. The number of primary amides is 1. The Bertz CT molecular complexity index is 1080. The van der Waals surface area contributed by atoms with Gasteiger partial charge in [-0.15, -0.1) is 11.3 Å². The van der Waals surface area contributed by atoms with E-state index < -0.39 is 5.41 Å². The summed E-state index contributed by atoms with van der Waals surface area (Å²) in [6, 6.07) is 20.0. The number of carbonyl (C=O) groups excluding carboxylic acids is 2. The number of amides is 2. The average Bonchev–Trinajstić information content (AvgIpc) is 3.35. The molecule has 0 radical (unpaired) electrons. The van der Waals surface area contributed by atoms with Crippen molar-refractivity contribution in [1.29, 1.82) is 0 Å². The van der Waals surface area contributed by atoms with Crippen LogP contribution in [0.2, 0.25) is 0 Å². The second kappa shape index (κ2) is 9.57. The Morgan fingerprint density at radius 1 is 1.09 bits per heavy atom. The highest BCUT2D eigenvalue weighted by Crippen LogP contribution is 2.35. The van der Waals surface area contributed by atoms with Gasteiger partial charge >= 0.3 is 0 Å². The number of rotatable bonds is 7. The predicted octanol–water partition coefficient (Wildman–Crippen LogP) is 4.30. The zero-order chi connectivity index (χ0) is 22.6. The van der Waals surface area contributed by atoms with Crippen LogP contribution in [0.25, 0.3) is 10.4 Å².